The molecule has 2 atom stereocenters. The van der Waals surface area contributed by atoms with Gasteiger partial charge in [-0.2, -0.15) is 10.2 Å². The van der Waals surface area contributed by atoms with Crippen LogP contribution in [0.15, 0.2) is 34.7 Å². The number of likely N-dealkylation sites (N-methyl/N-ethyl adjacent to an activating group) is 1. The largest absolute Gasteiger partial charge is 0.421 e. The van der Waals surface area contributed by atoms with Crippen molar-refractivity contribution < 1.29 is 4.42 Å². The number of anilines is 1. The van der Waals surface area contributed by atoms with Crippen LogP contribution in [0.5, 0.6) is 0 Å². The zero-order chi connectivity index (χ0) is 20.8. The van der Waals surface area contributed by atoms with Crippen molar-refractivity contribution in [3.05, 3.63) is 47.3 Å². The standard InChI is InChI=1S/C23H29N5O/c1-23(2)17(13-24)19-21(29-22(26-19)27(4)5)20(28-12-11-16(14-28)25-3)18(23)15-9-7-6-8-10-15/h6-10,16-17,25H,11-12,14H2,1-5H3/t16-,17?/m0/s1. The first kappa shape index (κ1) is 19.5. The molecular weight excluding hydrogens is 362 g/mol. The van der Waals surface area contributed by atoms with Crippen LogP contribution in [-0.2, 0) is 0 Å². The molecule has 1 unspecified atom stereocenters. The molecule has 1 saturated heterocycles. The van der Waals surface area contributed by atoms with Crippen LogP contribution in [0.25, 0.3) is 11.3 Å². The second kappa shape index (κ2) is 7.23. The van der Waals surface area contributed by atoms with Gasteiger partial charge >= 0.3 is 0 Å². The molecule has 6 nitrogen and oxygen atoms in total. The summed E-state index contributed by atoms with van der Waals surface area (Å²) in [5.74, 6) is 0.367. The van der Waals surface area contributed by atoms with Gasteiger partial charge in [-0.25, -0.2) is 0 Å². The van der Waals surface area contributed by atoms with E-state index in [1.54, 1.807) is 0 Å². The maximum absolute atomic E-state index is 10.1. The summed E-state index contributed by atoms with van der Waals surface area (Å²) in [7, 11) is 5.84. The fraction of sp³-hybridized carbons (Fsp3) is 0.478. The van der Waals surface area contributed by atoms with Gasteiger partial charge in [-0.1, -0.05) is 44.2 Å². The summed E-state index contributed by atoms with van der Waals surface area (Å²) in [6, 6.07) is 13.9. The summed E-state index contributed by atoms with van der Waals surface area (Å²) in [5, 5.41) is 13.5. The molecule has 29 heavy (non-hydrogen) atoms. The molecule has 4 rings (SSSR count). The molecule has 1 aliphatic heterocycles. The third-order valence-electron chi connectivity index (χ3n) is 6.22. The van der Waals surface area contributed by atoms with Crippen molar-refractivity contribution in [2.24, 2.45) is 5.41 Å². The zero-order valence-corrected chi connectivity index (χ0v) is 17.9. The van der Waals surface area contributed by atoms with E-state index >= 15 is 0 Å². The van der Waals surface area contributed by atoms with E-state index in [0.717, 1.165) is 47.8 Å². The number of fused-ring (bicyclic) bond motifs is 1. The maximum Gasteiger partial charge on any atom is 0.297 e. The highest BCUT2D eigenvalue weighted by Crippen LogP contribution is 2.55. The number of nitrogens with one attached hydrogen (secondary N) is 1. The summed E-state index contributed by atoms with van der Waals surface area (Å²) in [5.41, 5.74) is 3.73. The van der Waals surface area contributed by atoms with Gasteiger partial charge in [0.1, 0.15) is 11.6 Å². The smallest absolute Gasteiger partial charge is 0.297 e. The number of hydrogen-bond acceptors (Lipinski definition) is 6. The van der Waals surface area contributed by atoms with E-state index in [-0.39, 0.29) is 5.92 Å². The number of rotatable bonds is 4. The molecule has 1 aliphatic carbocycles. The molecule has 0 saturated carbocycles. The van der Waals surface area contributed by atoms with Gasteiger partial charge in [-0.15, -0.1) is 0 Å². The molecule has 0 bridgehead atoms. The number of aromatic nitrogens is 1. The van der Waals surface area contributed by atoms with Crippen molar-refractivity contribution in [2.75, 3.05) is 39.1 Å². The highest BCUT2D eigenvalue weighted by molar-refractivity contribution is 5.94. The first-order valence-electron chi connectivity index (χ1n) is 10.2. The van der Waals surface area contributed by atoms with Crippen LogP contribution in [-0.4, -0.2) is 50.2 Å². The quantitative estimate of drug-likeness (QED) is 0.860. The average molecular weight is 392 g/mol. The Balaban J connectivity index is 2.01. The average Bonchev–Trinajstić information content (AvgIpc) is 3.34. The summed E-state index contributed by atoms with van der Waals surface area (Å²) in [4.78, 5) is 9.01. The number of likely N-dealkylation sites (tertiary alicyclic amines) is 1. The Morgan fingerprint density at radius 1 is 1.28 bits per heavy atom. The molecule has 2 aliphatic rings. The molecule has 1 N–H and O–H groups in total. The lowest BCUT2D eigenvalue weighted by molar-refractivity contribution is 0.397. The Bertz CT molecular complexity index is 967. The van der Waals surface area contributed by atoms with Crippen molar-refractivity contribution in [2.45, 2.75) is 32.2 Å². The molecule has 1 aromatic carbocycles. The monoisotopic (exact) mass is 391 g/mol. The SMILES string of the molecule is CN[C@H]1CCN(C2=C(c3ccccc3)C(C)(C)C(C#N)c3nc(N(C)C)oc32)C1. The molecule has 1 fully saturated rings. The molecule has 152 valence electrons. The second-order valence-electron chi connectivity index (χ2n) is 8.70. The molecule has 0 radical (unpaired) electrons. The van der Waals surface area contributed by atoms with Crippen LogP contribution in [0.4, 0.5) is 6.01 Å². The lowest BCUT2D eigenvalue weighted by atomic mass is 9.65. The number of allylic oxidation sites excluding steroid dienone is 1. The molecule has 0 spiro atoms. The zero-order valence-electron chi connectivity index (χ0n) is 17.9. The molecular formula is C23H29N5O. The van der Waals surface area contributed by atoms with E-state index in [4.69, 9.17) is 9.40 Å². The minimum absolute atomic E-state index is 0.378. The van der Waals surface area contributed by atoms with Crippen molar-refractivity contribution >= 4 is 17.3 Å². The Morgan fingerprint density at radius 3 is 2.59 bits per heavy atom. The number of hydrogen-bond donors (Lipinski definition) is 1. The van der Waals surface area contributed by atoms with Gasteiger partial charge in [0.05, 0.1) is 11.8 Å². The van der Waals surface area contributed by atoms with Gasteiger partial charge in [0.2, 0.25) is 0 Å². The Morgan fingerprint density at radius 2 is 2.00 bits per heavy atom. The van der Waals surface area contributed by atoms with Crippen molar-refractivity contribution in [1.82, 2.24) is 15.2 Å². The summed E-state index contributed by atoms with van der Waals surface area (Å²) in [6.45, 7) is 6.17. The number of nitrogens with zero attached hydrogens (tertiary/aromatic N) is 4. The highest BCUT2D eigenvalue weighted by atomic mass is 16.4. The molecule has 6 heteroatoms. The van der Waals surface area contributed by atoms with E-state index in [2.05, 4.69) is 54.4 Å². The van der Waals surface area contributed by atoms with Crippen LogP contribution < -0.4 is 10.2 Å². The first-order valence-corrected chi connectivity index (χ1v) is 10.2. The van der Waals surface area contributed by atoms with E-state index in [9.17, 15) is 5.26 Å². The third-order valence-corrected chi connectivity index (χ3v) is 6.22. The van der Waals surface area contributed by atoms with Gasteiger partial charge in [0, 0.05) is 38.6 Å². The summed E-state index contributed by atoms with van der Waals surface area (Å²) < 4.78 is 6.28. The fourth-order valence-electron chi connectivity index (χ4n) is 4.62. The highest BCUT2D eigenvalue weighted by Gasteiger charge is 2.48. The molecule has 0 amide bonds. The summed E-state index contributed by atoms with van der Waals surface area (Å²) in [6.07, 6.45) is 1.08. The minimum Gasteiger partial charge on any atom is -0.421 e. The lowest BCUT2D eigenvalue weighted by Crippen LogP contribution is -2.35. The number of oxazole rings is 1. The molecule has 1 aromatic heterocycles. The summed E-state index contributed by atoms with van der Waals surface area (Å²) >= 11 is 0. The fourth-order valence-corrected chi connectivity index (χ4v) is 4.62. The van der Waals surface area contributed by atoms with Crippen LogP contribution in [0.1, 0.15) is 43.2 Å². The normalized spacial score (nSPS) is 23.1. The van der Waals surface area contributed by atoms with Crippen LogP contribution in [0.3, 0.4) is 0 Å². The van der Waals surface area contributed by atoms with Gasteiger partial charge in [0.15, 0.2) is 5.76 Å². The van der Waals surface area contributed by atoms with Crippen molar-refractivity contribution in [3.63, 3.8) is 0 Å². The predicted molar refractivity (Wildman–Crippen MR) is 115 cm³/mol. The predicted octanol–water partition coefficient (Wildman–Crippen LogP) is 3.55. The van der Waals surface area contributed by atoms with Gasteiger partial charge in [-0.05, 0) is 24.6 Å². The van der Waals surface area contributed by atoms with Gasteiger partial charge in [0.25, 0.3) is 6.01 Å². The first-order chi connectivity index (χ1) is 13.9. The van der Waals surface area contributed by atoms with E-state index in [1.807, 2.05) is 32.1 Å². The van der Waals surface area contributed by atoms with Crippen LogP contribution in [0.2, 0.25) is 0 Å². The number of benzene rings is 1. The van der Waals surface area contributed by atoms with Crippen molar-refractivity contribution in [3.8, 4) is 6.07 Å². The second-order valence-corrected chi connectivity index (χ2v) is 8.70. The van der Waals surface area contributed by atoms with Gasteiger partial charge in [-0.3, -0.25) is 0 Å². The third kappa shape index (κ3) is 3.10. The molecule has 2 aromatic rings. The number of nitriles is 1. The van der Waals surface area contributed by atoms with Gasteiger partial charge < -0.3 is 19.5 Å². The van der Waals surface area contributed by atoms with E-state index in [0.29, 0.717) is 12.1 Å². The topological polar surface area (TPSA) is 68.3 Å². The Hall–Kier alpha value is -2.78. The maximum atomic E-state index is 10.1. The minimum atomic E-state index is -0.406. The van der Waals surface area contributed by atoms with E-state index in [1.165, 1.54) is 0 Å². The Labute approximate surface area is 172 Å². The Kier molecular flexibility index (Phi) is 4.87. The van der Waals surface area contributed by atoms with E-state index < -0.39 is 5.41 Å². The van der Waals surface area contributed by atoms with Crippen LogP contribution in [0, 0.1) is 16.7 Å². The van der Waals surface area contributed by atoms with Crippen LogP contribution >= 0.6 is 0 Å². The van der Waals surface area contributed by atoms with Crippen molar-refractivity contribution in [1.29, 1.82) is 5.26 Å². The molecule has 2 heterocycles. The lowest BCUT2D eigenvalue weighted by Gasteiger charge is -2.40.